The van der Waals surface area contributed by atoms with Crippen molar-refractivity contribution in [2.24, 2.45) is 0 Å². The Morgan fingerprint density at radius 2 is 1.91 bits per heavy atom. The highest BCUT2D eigenvalue weighted by Gasteiger charge is 2.49. The molecule has 0 N–H and O–H groups in total. The molecule has 0 radical (unpaired) electrons. The number of benzene rings is 1. The number of hydrogen-bond donors (Lipinski definition) is 0. The van der Waals surface area contributed by atoms with E-state index in [1.54, 1.807) is 13.0 Å². The fourth-order valence-corrected chi connectivity index (χ4v) is 2.20. The van der Waals surface area contributed by atoms with Crippen LogP contribution in [-0.4, -0.2) is 25.5 Å². The van der Waals surface area contributed by atoms with E-state index in [0.717, 1.165) is 0 Å². The summed E-state index contributed by atoms with van der Waals surface area (Å²) >= 11 is 0. The summed E-state index contributed by atoms with van der Waals surface area (Å²) in [4.78, 5) is 3.52. The molecular formula is C13H11F4NO4S. The third-order valence-corrected chi connectivity index (χ3v) is 3.71. The van der Waals surface area contributed by atoms with Crippen molar-refractivity contribution < 1.29 is 34.9 Å². The number of halogens is 4. The Kier molecular flexibility index (Phi) is 4.38. The highest BCUT2D eigenvalue weighted by atomic mass is 32.2. The van der Waals surface area contributed by atoms with Crippen LogP contribution in [0.25, 0.3) is 10.9 Å². The van der Waals surface area contributed by atoms with E-state index in [4.69, 9.17) is 4.74 Å². The molecule has 0 aliphatic carbocycles. The SMILES string of the molecule is CCOc1c(F)c(OS(=O)(=O)C(F)(F)F)nc2cc(C)ccc12. The molecule has 2 rings (SSSR count). The average Bonchev–Trinajstić information content (AvgIpc) is 2.41. The maximum absolute atomic E-state index is 14.3. The van der Waals surface area contributed by atoms with Gasteiger partial charge in [-0.3, -0.25) is 0 Å². The minimum absolute atomic E-state index is 0.00930. The first-order valence-corrected chi connectivity index (χ1v) is 7.71. The van der Waals surface area contributed by atoms with Crippen molar-refractivity contribution in [1.29, 1.82) is 0 Å². The van der Waals surface area contributed by atoms with Crippen LogP contribution in [0.15, 0.2) is 18.2 Å². The molecule has 2 aromatic rings. The Morgan fingerprint density at radius 1 is 1.26 bits per heavy atom. The molecule has 0 fully saturated rings. The Bertz CT molecular complexity index is 849. The van der Waals surface area contributed by atoms with E-state index in [1.807, 2.05) is 0 Å². The van der Waals surface area contributed by atoms with Crippen LogP contribution in [-0.2, 0) is 10.1 Å². The number of ether oxygens (including phenoxy) is 1. The summed E-state index contributed by atoms with van der Waals surface area (Å²) in [6, 6.07) is 4.52. The summed E-state index contributed by atoms with van der Waals surface area (Å²) in [5, 5.41) is 0.187. The normalized spacial score (nSPS) is 12.4. The Balaban J connectivity index is 2.67. The fraction of sp³-hybridized carbons (Fsp3) is 0.308. The van der Waals surface area contributed by atoms with Crippen LogP contribution in [0.2, 0.25) is 0 Å². The number of alkyl halides is 3. The van der Waals surface area contributed by atoms with Crippen LogP contribution < -0.4 is 8.92 Å². The van der Waals surface area contributed by atoms with Crippen LogP contribution in [0.1, 0.15) is 12.5 Å². The first kappa shape index (κ1) is 17.3. The van der Waals surface area contributed by atoms with Crippen molar-refractivity contribution in [3.63, 3.8) is 0 Å². The molecule has 5 nitrogen and oxygen atoms in total. The van der Waals surface area contributed by atoms with Gasteiger partial charge in [0.2, 0.25) is 5.82 Å². The first-order valence-electron chi connectivity index (χ1n) is 6.30. The monoisotopic (exact) mass is 353 g/mol. The zero-order chi connectivity index (χ0) is 17.4. The van der Waals surface area contributed by atoms with Gasteiger partial charge in [-0.1, -0.05) is 6.07 Å². The van der Waals surface area contributed by atoms with Crippen LogP contribution >= 0.6 is 0 Å². The molecule has 0 atom stereocenters. The van der Waals surface area contributed by atoms with Gasteiger partial charge in [0.25, 0.3) is 5.88 Å². The Hall–Kier alpha value is -2.10. The average molecular weight is 353 g/mol. The predicted molar refractivity (Wildman–Crippen MR) is 73.2 cm³/mol. The summed E-state index contributed by atoms with van der Waals surface area (Å²) in [7, 11) is -6.04. The fourth-order valence-electron chi connectivity index (χ4n) is 1.79. The van der Waals surface area contributed by atoms with E-state index in [0.29, 0.717) is 5.56 Å². The summed E-state index contributed by atoms with van der Waals surface area (Å²) in [6.45, 7) is 3.22. The maximum Gasteiger partial charge on any atom is 0.534 e. The van der Waals surface area contributed by atoms with Gasteiger partial charge in [0.1, 0.15) is 0 Å². The molecule has 0 unspecified atom stereocenters. The lowest BCUT2D eigenvalue weighted by Crippen LogP contribution is -2.28. The molecule has 126 valence electrons. The van der Waals surface area contributed by atoms with Crippen molar-refractivity contribution in [3.8, 4) is 11.6 Å². The van der Waals surface area contributed by atoms with Gasteiger partial charge in [-0.25, -0.2) is 4.98 Å². The third kappa shape index (κ3) is 3.31. The molecule has 0 spiro atoms. The molecule has 23 heavy (non-hydrogen) atoms. The topological polar surface area (TPSA) is 65.5 Å². The molecule has 0 saturated carbocycles. The maximum atomic E-state index is 14.3. The summed E-state index contributed by atoms with van der Waals surface area (Å²) in [5.41, 5.74) is -4.97. The Labute approximate surface area is 129 Å². The van der Waals surface area contributed by atoms with E-state index in [9.17, 15) is 26.0 Å². The second kappa shape index (κ2) is 5.84. The van der Waals surface area contributed by atoms with Crippen molar-refractivity contribution in [2.45, 2.75) is 19.4 Å². The standard InChI is InChI=1S/C13H11F4NO4S/c1-3-21-11-8-5-4-7(2)6-9(8)18-12(10(11)14)22-23(19,20)13(15,16)17/h4-6H,3H2,1-2H3. The Morgan fingerprint density at radius 3 is 2.48 bits per heavy atom. The van der Waals surface area contributed by atoms with Gasteiger partial charge in [0.15, 0.2) is 5.75 Å². The van der Waals surface area contributed by atoms with Gasteiger partial charge in [-0.15, -0.1) is 0 Å². The minimum Gasteiger partial charge on any atom is -0.490 e. The highest BCUT2D eigenvalue weighted by molar-refractivity contribution is 7.87. The largest absolute Gasteiger partial charge is 0.534 e. The number of pyridine rings is 1. The molecule has 1 heterocycles. The van der Waals surface area contributed by atoms with E-state index >= 15 is 0 Å². The van der Waals surface area contributed by atoms with E-state index in [1.165, 1.54) is 19.1 Å². The second-order valence-electron chi connectivity index (χ2n) is 4.50. The van der Waals surface area contributed by atoms with E-state index in [-0.39, 0.29) is 17.5 Å². The molecule has 10 heteroatoms. The third-order valence-electron chi connectivity index (χ3n) is 2.77. The smallest absolute Gasteiger partial charge is 0.490 e. The second-order valence-corrected chi connectivity index (χ2v) is 6.03. The zero-order valence-electron chi connectivity index (χ0n) is 11.9. The molecule has 0 aliphatic rings. The van der Waals surface area contributed by atoms with Gasteiger partial charge in [0.05, 0.1) is 12.1 Å². The lowest BCUT2D eigenvalue weighted by molar-refractivity contribution is -0.0502. The molecule has 0 bridgehead atoms. The van der Waals surface area contributed by atoms with Crippen molar-refractivity contribution >= 4 is 21.0 Å². The summed E-state index contributed by atoms with van der Waals surface area (Å²) < 4.78 is 82.4. The zero-order valence-corrected chi connectivity index (χ0v) is 12.8. The van der Waals surface area contributed by atoms with E-state index < -0.39 is 33.1 Å². The number of hydrogen-bond acceptors (Lipinski definition) is 5. The summed E-state index contributed by atoms with van der Waals surface area (Å²) in [6.07, 6.45) is 0. The quantitative estimate of drug-likeness (QED) is 0.479. The van der Waals surface area contributed by atoms with Gasteiger partial charge in [-0.2, -0.15) is 26.0 Å². The number of fused-ring (bicyclic) bond motifs is 1. The first-order chi connectivity index (χ1) is 10.6. The van der Waals surface area contributed by atoms with Gasteiger partial charge < -0.3 is 8.92 Å². The van der Waals surface area contributed by atoms with Crippen LogP contribution in [0.3, 0.4) is 0 Å². The lowest BCUT2D eigenvalue weighted by Gasteiger charge is -2.13. The molecule has 1 aromatic heterocycles. The molecule has 0 amide bonds. The highest BCUT2D eigenvalue weighted by Crippen LogP contribution is 2.36. The molecule has 0 aliphatic heterocycles. The number of aromatic nitrogens is 1. The number of nitrogens with zero attached hydrogens (tertiary/aromatic N) is 1. The number of aryl methyl sites for hydroxylation is 1. The summed E-state index contributed by atoms with van der Waals surface area (Å²) in [5.74, 6) is -3.16. The van der Waals surface area contributed by atoms with E-state index in [2.05, 4.69) is 9.17 Å². The van der Waals surface area contributed by atoms with Gasteiger partial charge in [0, 0.05) is 5.39 Å². The predicted octanol–water partition coefficient (Wildman–Crippen LogP) is 3.31. The van der Waals surface area contributed by atoms with Crippen molar-refractivity contribution in [3.05, 3.63) is 29.6 Å². The van der Waals surface area contributed by atoms with Crippen molar-refractivity contribution in [1.82, 2.24) is 4.98 Å². The van der Waals surface area contributed by atoms with Gasteiger partial charge in [-0.05, 0) is 31.5 Å². The molecule has 0 saturated heterocycles. The molecule has 1 aromatic carbocycles. The van der Waals surface area contributed by atoms with Crippen molar-refractivity contribution in [2.75, 3.05) is 6.61 Å². The van der Waals surface area contributed by atoms with Crippen LogP contribution in [0, 0.1) is 12.7 Å². The number of rotatable bonds is 4. The van der Waals surface area contributed by atoms with Crippen LogP contribution in [0.4, 0.5) is 17.6 Å². The van der Waals surface area contributed by atoms with Crippen LogP contribution in [0.5, 0.6) is 11.6 Å². The lowest BCUT2D eigenvalue weighted by atomic mass is 10.1. The molecular weight excluding hydrogens is 342 g/mol. The minimum atomic E-state index is -6.04. The van der Waals surface area contributed by atoms with Gasteiger partial charge >= 0.3 is 15.6 Å².